The van der Waals surface area contributed by atoms with E-state index < -0.39 is 24.0 Å². The van der Waals surface area contributed by atoms with Crippen molar-refractivity contribution in [1.29, 1.82) is 0 Å². The van der Waals surface area contributed by atoms with Crippen molar-refractivity contribution in [1.82, 2.24) is 14.9 Å². The van der Waals surface area contributed by atoms with E-state index in [2.05, 4.69) is 10.2 Å². The number of nitrogens with zero attached hydrogens (tertiary/aromatic N) is 3. The zero-order valence-electron chi connectivity index (χ0n) is 19.9. The first kappa shape index (κ1) is 32.5. The highest BCUT2D eigenvalue weighted by atomic mass is 35.5. The van der Waals surface area contributed by atoms with Crippen LogP contribution < -0.4 is 16.0 Å². The molecule has 0 saturated heterocycles. The smallest absolute Gasteiger partial charge is 0.328 e. The van der Waals surface area contributed by atoms with Crippen LogP contribution in [0, 0.1) is 5.92 Å². The van der Waals surface area contributed by atoms with Crippen molar-refractivity contribution >= 4 is 76.6 Å². The number of hydrogen-bond acceptors (Lipinski definition) is 6. The molecule has 0 aliphatic carbocycles. The molecule has 3 N–H and O–H groups in total. The second kappa shape index (κ2) is 15.5. The number of aryl methyl sites for hydroxylation is 1. The highest BCUT2D eigenvalue weighted by molar-refractivity contribution is 6.18. The Labute approximate surface area is 223 Å². The van der Waals surface area contributed by atoms with Gasteiger partial charge in [0.05, 0.1) is 23.7 Å². The van der Waals surface area contributed by atoms with Crippen LogP contribution in [0.2, 0.25) is 0 Å². The molecular formula is C22H35Cl4N5O3. The second-order valence-electron chi connectivity index (χ2n) is 7.92. The third kappa shape index (κ3) is 8.34. The summed E-state index contributed by atoms with van der Waals surface area (Å²) in [7, 11) is 1.89. The molecule has 1 heterocycles. The van der Waals surface area contributed by atoms with Gasteiger partial charge in [0, 0.05) is 44.0 Å². The van der Waals surface area contributed by atoms with Gasteiger partial charge in [0.15, 0.2) is 0 Å². The minimum Gasteiger partial charge on any atom is -0.464 e. The van der Waals surface area contributed by atoms with Crippen molar-refractivity contribution in [2.45, 2.75) is 39.3 Å². The van der Waals surface area contributed by atoms with Gasteiger partial charge in [0.1, 0.15) is 11.9 Å². The lowest BCUT2D eigenvalue weighted by Crippen LogP contribution is -2.51. The number of nitrogens with one attached hydrogen (secondary N) is 1. The molecule has 1 amide bonds. The summed E-state index contributed by atoms with van der Waals surface area (Å²) in [4.78, 5) is 31.6. The molecule has 0 bridgehead atoms. The maximum atomic E-state index is 12.7. The molecule has 0 fully saturated rings. The largest absolute Gasteiger partial charge is 0.464 e. The van der Waals surface area contributed by atoms with Gasteiger partial charge in [-0.3, -0.25) is 4.79 Å². The van der Waals surface area contributed by atoms with Crippen molar-refractivity contribution < 1.29 is 14.3 Å². The molecule has 1 aromatic carbocycles. The highest BCUT2D eigenvalue weighted by Crippen LogP contribution is 2.23. The van der Waals surface area contributed by atoms with Gasteiger partial charge in [0.25, 0.3) is 0 Å². The molecule has 0 unspecified atom stereocenters. The SMILES string of the molecule is CCOC(=O)[C@@H](NC(=O)[C@@H](N)Cc1nc2cc(N(CCCl)CCCl)ccc2n1C)C(C)C.Cl.Cl. The van der Waals surface area contributed by atoms with Crippen molar-refractivity contribution in [2.75, 3.05) is 36.4 Å². The standard InChI is InChI=1S/C22H33Cl2N5O3.2ClH/c1-5-32-22(31)20(14(2)3)27-21(30)16(25)13-19-26-17-12-15(6-7-18(17)28(19)4)29(10-8-23)11-9-24;;/h6-7,12,14,16,20H,5,8-11,13,25H2,1-4H3,(H,27,30);2*1H/t16-,20-;;/m0../s1. The summed E-state index contributed by atoms with van der Waals surface area (Å²) in [5, 5.41) is 2.72. The average molecular weight is 559 g/mol. The number of nitrogens with two attached hydrogens (primary N) is 1. The zero-order chi connectivity index (χ0) is 23.8. The van der Waals surface area contributed by atoms with Crippen LogP contribution in [0.3, 0.4) is 0 Å². The molecule has 0 aliphatic rings. The normalized spacial score (nSPS) is 12.5. The predicted molar refractivity (Wildman–Crippen MR) is 144 cm³/mol. The van der Waals surface area contributed by atoms with Gasteiger partial charge in [-0.1, -0.05) is 13.8 Å². The molecular weight excluding hydrogens is 524 g/mol. The summed E-state index contributed by atoms with van der Waals surface area (Å²) in [6.45, 7) is 7.02. The average Bonchev–Trinajstić information content (AvgIpc) is 3.06. The quantitative estimate of drug-likeness (QED) is 0.306. The first-order valence-corrected chi connectivity index (χ1v) is 11.8. The lowest BCUT2D eigenvalue weighted by atomic mass is 10.0. The van der Waals surface area contributed by atoms with E-state index >= 15 is 0 Å². The number of aromatic nitrogens is 2. The molecule has 0 radical (unpaired) electrons. The van der Waals surface area contributed by atoms with Crippen LogP contribution in [0.5, 0.6) is 0 Å². The molecule has 1 aromatic heterocycles. The minimum atomic E-state index is -0.857. The highest BCUT2D eigenvalue weighted by Gasteiger charge is 2.28. The lowest BCUT2D eigenvalue weighted by molar-refractivity contribution is -0.148. The number of carbonyl (C=O) groups excluding carboxylic acids is 2. The number of carbonyl (C=O) groups is 2. The number of ether oxygens (including phenoxy) is 1. The monoisotopic (exact) mass is 557 g/mol. The fraction of sp³-hybridized carbons (Fsp3) is 0.591. The van der Waals surface area contributed by atoms with Gasteiger partial charge in [-0.15, -0.1) is 48.0 Å². The van der Waals surface area contributed by atoms with E-state index in [0.29, 0.717) is 30.7 Å². The Hall–Kier alpha value is -1.45. The van der Waals surface area contributed by atoms with Gasteiger partial charge in [-0.05, 0) is 31.0 Å². The Morgan fingerprint density at radius 2 is 1.82 bits per heavy atom. The molecule has 34 heavy (non-hydrogen) atoms. The van der Waals surface area contributed by atoms with Gasteiger partial charge in [-0.25, -0.2) is 9.78 Å². The van der Waals surface area contributed by atoms with E-state index in [0.717, 1.165) is 16.7 Å². The maximum Gasteiger partial charge on any atom is 0.328 e. The molecule has 2 atom stereocenters. The number of rotatable bonds is 12. The number of halogens is 4. The van der Waals surface area contributed by atoms with Crippen molar-refractivity contribution in [3.8, 4) is 0 Å². The van der Waals surface area contributed by atoms with E-state index in [1.165, 1.54) is 0 Å². The summed E-state index contributed by atoms with van der Waals surface area (Å²) in [6, 6.07) is 4.37. The molecule has 194 valence electrons. The Bertz CT molecular complexity index is 919. The van der Waals surface area contributed by atoms with Crippen molar-refractivity contribution in [2.24, 2.45) is 18.7 Å². The first-order valence-electron chi connectivity index (χ1n) is 10.8. The Kier molecular flexibility index (Phi) is 14.9. The number of anilines is 1. The number of benzene rings is 1. The van der Waals surface area contributed by atoms with E-state index in [1.807, 2.05) is 43.7 Å². The van der Waals surface area contributed by atoms with Crippen LogP contribution in [0.1, 0.15) is 26.6 Å². The van der Waals surface area contributed by atoms with Crippen molar-refractivity contribution in [3.63, 3.8) is 0 Å². The van der Waals surface area contributed by atoms with E-state index in [1.54, 1.807) is 6.92 Å². The fourth-order valence-corrected chi connectivity index (χ4v) is 3.88. The number of amides is 1. The molecule has 0 spiro atoms. The molecule has 12 heteroatoms. The lowest BCUT2D eigenvalue weighted by Gasteiger charge is -2.22. The molecule has 2 rings (SSSR count). The van der Waals surface area contributed by atoms with Gasteiger partial charge >= 0.3 is 5.97 Å². The molecule has 2 aromatic rings. The summed E-state index contributed by atoms with van der Waals surface area (Å²) >= 11 is 11.8. The van der Waals surface area contributed by atoms with E-state index in [4.69, 9.17) is 38.7 Å². The molecule has 8 nitrogen and oxygen atoms in total. The molecule has 0 aliphatic heterocycles. The van der Waals surface area contributed by atoms with E-state index in [-0.39, 0.29) is 43.8 Å². The van der Waals surface area contributed by atoms with Crippen LogP contribution in [0.15, 0.2) is 18.2 Å². The zero-order valence-corrected chi connectivity index (χ0v) is 23.1. The number of hydrogen-bond donors (Lipinski definition) is 2. The van der Waals surface area contributed by atoms with E-state index in [9.17, 15) is 9.59 Å². The fourth-order valence-electron chi connectivity index (χ4n) is 3.47. The van der Waals surface area contributed by atoms with Crippen LogP contribution in [-0.2, 0) is 27.8 Å². The minimum absolute atomic E-state index is 0. The van der Waals surface area contributed by atoms with Crippen LogP contribution in [-0.4, -0.2) is 65.0 Å². The number of alkyl halides is 2. The Morgan fingerprint density at radius 3 is 2.35 bits per heavy atom. The number of fused-ring (bicyclic) bond motifs is 1. The van der Waals surface area contributed by atoms with Crippen LogP contribution in [0.25, 0.3) is 11.0 Å². The number of imidazole rings is 1. The predicted octanol–water partition coefficient (Wildman–Crippen LogP) is 3.27. The maximum absolute atomic E-state index is 12.7. The third-order valence-corrected chi connectivity index (χ3v) is 5.61. The summed E-state index contributed by atoms with van der Waals surface area (Å²) < 4.78 is 6.98. The van der Waals surface area contributed by atoms with Crippen LogP contribution in [0.4, 0.5) is 5.69 Å². The van der Waals surface area contributed by atoms with Gasteiger partial charge < -0.3 is 25.3 Å². The van der Waals surface area contributed by atoms with Crippen LogP contribution >= 0.6 is 48.0 Å². The molecule has 0 saturated carbocycles. The van der Waals surface area contributed by atoms with Gasteiger partial charge in [-0.2, -0.15) is 0 Å². The van der Waals surface area contributed by atoms with Gasteiger partial charge in [0.2, 0.25) is 5.91 Å². The summed E-state index contributed by atoms with van der Waals surface area (Å²) in [5.41, 5.74) is 8.88. The number of esters is 1. The third-order valence-electron chi connectivity index (χ3n) is 5.28. The summed E-state index contributed by atoms with van der Waals surface area (Å²) in [6.07, 6.45) is 0.229. The Morgan fingerprint density at radius 1 is 1.21 bits per heavy atom. The second-order valence-corrected chi connectivity index (χ2v) is 8.67. The summed E-state index contributed by atoms with van der Waals surface area (Å²) in [5.74, 6) is 0.670. The van der Waals surface area contributed by atoms with Crippen molar-refractivity contribution in [3.05, 3.63) is 24.0 Å². The first-order chi connectivity index (χ1) is 15.2. The Balaban J connectivity index is 0.00000544. The topological polar surface area (TPSA) is 102 Å².